The van der Waals surface area contributed by atoms with Gasteiger partial charge >= 0.3 is 0 Å². The van der Waals surface area contributed by atoms with Gasteiger partial charge in [0.25, 0.3) is 0 Å². The van der Waals surface area contributed by atoms with E-state index in [9.17, 15) is 0 Å². The third-order valence-corrected chi connectivity index (χ3v) is 5.90. The van der Waals surface area contributed by atoms with Crippen molar-refractivity contribution in [2.45, 2.75) is 38.3 Å². The first-order chi connectivity index (χ1) is 10.4. The largest absolute Gasteiger partial charge is 0.316 e. The zero-order valence-electron chi connectivity index (χ0n) is 12.6. The van der Waals surface area contributed by atoms with Crippen LogP contribution in [0.25, 0.3) is 10.1 Å². The number of hydrogen-bond donors (Lipinski definition) is 1. The van der Waals surface area contributed by atoms with E-state index in [4.69, 9.17) is 0 Å². The van der Waals surface area contributed by atoms with Crippen LogP contribution in [0.3, 0.4) is 0 Å². The van der Waals surface area contributed by atoms with Gasteiger partial charge in [0.05, 0.1) is 0 Å². The van der Waals surface area contributed by atoms with Gasteiger partial charge in [0, 0.05) is 23.8 Å². The summed E-state index contributed by atoms with van der Waals surface area (Å²) in [7, 11) is 0. The van der Waals surface area contributed by atoms with Crippen LogP contribution in [-0.4, -0.2) is 30.6 Å². The molecule has 1 saturated carbocycles. The molecule has 2 aliphatic rings. The minimum atomic E-state index is 0.851. The molecule has 1 aromatic heterocycles. The van der Waals surface area contributed by atoms with Crippen LogP contribution in [0, 0.1) is 5.92 Å². The highest BCUT2D eigenvalue weighted by molar-refractivity contribution is 7.17. The molecule has 0 spiro atoms. The quantitative estimate of drug-likeness (QED) is 0.902. The number of benzene rings is 1. The lowest BCUT2D eigenvalue weighted by atomic mass is 9.98. The summed E-state index contributed by atoms with van der Waals surface area (Å²) in [6.07, 6.45) is 5.57. The second-order valence-corrected chi connectivity index (χ2v) is 7.54. The predicted molar refractivity (Wildman–Crippen MR) is 90.9 cm³/mol. The van der Waals surface area contributed by atoms with Crippen molar-refractivity contribution in [2.75, 3.05) is 19.6 Å². The van der Waals surface area contributed by atoms with Crippen molar-refractivity contribution in [1.82, 2.24) is 10.2 Å². The number of nitrogens with zero attached hydrogens (tertiary/aromatic N) is 1. The fraction of sp³-hybridized carbons (Fsp3) is 0.556. The lowest BCUT2D eigenvalue weighted by Crippen LogP contribution is -2.39. The second-order valence-electron chi connectivity index (χ2n) is 6.63. The van der Waals surface area contributed by atoms with Gasteiger partial charge in [0.1, 0.15) is 0 Å². The first-order valence-corrected chi connectivity index (χ1v) is 9.18. The molecule has 2 aromatic rings. The average molecular weight is 300 g/mol. The zero-order valence-corrected chi connectivity index (χ0v) is 13.4. The number of thiophene rings is 1. The molecule has 2 nitrogen and oxygen atoms in total. The van der Waals surface area contributed by atoms with E-state index in [-0.39, 0.29) is 0 Å². The van der Waals surface area contributed by atoms with Gasteiger partial charge in [-0.15, -0.1) is 11.3 Å². The van der Waals surface area contributed by atoms with E-state index in [0.29, 0.717) is 0 Å². The maximum Gasteiger partial charge on any atom is 0.0346 e. The molecule has 2 fully saturated rings. The molecule has 1 aliphatic carbocycles. The summed E-state index contributed by atoms with van der Waals surface area (Å²) in [6.45, 7) is 4.86. The Morgan fingerprint density at radius 3 is 2.90 bits per heavy atom. The Morgan fingerprint density at radius 2 is 2.10 bits per heavy atom. The van der Waals surface area contributed by atoms with Gasteiger partial charge in [-0.2, -0.15) is 0 Å². The lowest BCUT2D eigenvalue weighted by Gasteiger charge is -2.30. The van der Waals surface area contributed by atoms with Crippen LogP contribution < -0.4 is 5.32 Å². The van der Waals surface area contributed by atoms with Crippen molar-refractivity contribution >= 4 is 21.4 Å². The highest BCUT2D eigenvalue weighted by atomic mass is 32.1. The molecule has 0 radical (unpaired) electrons. The van der Waals surface area contributed by atoms with Crippen LogP contribution in [0.15, 0.2) is 29.6 Å². The minimum Gasteiger partial charge on any atom is -0.316 e. The van der Waals surface area contributed by atoms with Crippen molar-refractivity contribution in [3.05, 3.63) is 35.2 Å². The van der Waals surface area contributed by atoms with Gasteiger partial charge in [0.2, 0.25) is 0 Å². The normalized spacial score (nSPS) is 23.0. The minimum absolute atomic E-state index is 0.851. The molecular formula is C18H24N2S. The molecule has 1 aromatic carbocycles. The summed E-state index contributed by atoms with van der Waals surface area (Å²) < 4.78 is 1.43. The van der Waals surface area contributed by atoms with Crippen molar-refractivity contribution in [3.63, 3.8) is 0 Å². The van der Waals surface area contributed by atoms with E-state index < -0.39 is 0 Å². The molecule has 2 heterocycles. The number of piperidine rings is 1. The van der Waals surface area contributed by atoms with Crippen molar-refractivity contribution in [3.8, 4) is 0 Å². The third-order valence-electron chi connectivity index (χ3n) is 4.89. The molecule has 1 aliphatic heterocycles. The second kappa shape index (κ2) is 6.07. The van der Waals surface area contributed by atoms with E-state index in [1.807, 2.05) is 11.3 Å². The summed E-state index contributed by atoms with van der Waals surface area (Å²) in [4.78, 5) is 2.76. The fourth-order valence-corrected chi connectivity index (χ4v) is 4.52. The zero-order chi connectivity index (χ0) is 14.1. The number of nitrogens with one attached hydrogen (secondary N) is 1. The predicted octanol–water partition coefficient (Wildman–Crippen LogP) is 3.87. The molecule has 1 atom stereocenters. The number of hydrogen-bond acceptors (Lipinski definition) is 3. The molecular weight excluding hydrogens is 276 g/mol. The van der Waals surface area contributed by atoms with Crippen LogP contribution in [0.2, 0.25) is 0 Å². The van der Waals surface area contributed by atoms with Crippen LogP contribution in [0.4, 0.5) is 0 Å². The SMILES string of the molecule is c1ccc2c(CN(CC3CCCNC3)C3CC3)csc2c1. The fourth-order valence-electron chi connectivity index (χ4n) is 3.57. The van der Waals surface area contributed by atoms with Crippen LogP contribution in [-0.2, 0) is 6.54 Å². The van der Waals surface area contributed by atoms with Crippen molar-refractivity contribution in [2.24, 2.45) is 5.92 Å². The summed E-state index contributed by atoms with van der Waals surface area (Å²) in [5.74, 6) is 0.851. The molecule has 1 unspecified atom stereocenters. The van der Waals surface area contributed by atoms with Gasteiger partial charge in [-0.05, 0) is 67.1 Å². The third kappa shape index (κ3) is 3.15. The maximum absolute atomic E-state index is 3.56. The Kier molecular flexibility index (Phi) is 3.97. The van der Waals surface area contributed by atoms with Gasteiger partial charge in [-0.25, -0.2) is 0 Å². The van der Waals surface area contributed by atoms with Crippen LogP contribution in [0.1, 0.15) is 31.2 Å². The lowest BCUT2D eigenvalue weighted by molar-refractivity contribution is 0.193. The first kappa shape index (κ1) is 13.7. The van der Waals surface area contributed by atoms with Crippen molar-refractivity contribution in [1.29, 1.82) is 0 Å². The summed E-state index contributed by atoms with van der Waals surface area (Å²) in [5, 5.41) is 7.41. The molecule has 4 rings (SSSR count). The Morgan fingerprint density at radius 1 is 1.19 bits per heavy atom. The highest BCUT2D eigenvalue weighted by Gasteiger charge is 2.31. The molecule has 0 amide bonds. The number of rotatable bonds is 5. The van der Waals surface area contributed by atoms with E-state index in [0.717, 1.165) is 18.5 Å². The van der Waals surface area contributed by atoms with Gasteiger partial charge in [0.15, 0.2) is 0 Å². The molecule has 21 heavy (non-hydrogen) atoms. The summed E-state index contributed by atoms with van der Waals surface area (Å²) in [5.41, 5.74) is 1.53. The summed E-state index contributed by atoms with van der Waals surface area (Å²) >= 11 is 1.90. The Hall–Kier alpha value is -0.900. The first-order valence-electron chi connectivity index (χ1n) is 8.30. The molecule has 0 bridgehead atoms. The molecule has 112 valence electrons. The average Bonchev–Trinajstić information content (AvgIpc) is 3.30. The van der Waals surface area contributed by atoms with Gasteiger partial charge in [-0.1, -0.05) is 18.2 Å². The van der Waals surface area contributed by atoms with E-state index >= 15 is 0 Å². The Labute approximate surface area is 131 Å². The summed E-state index contributed by atoms with van der Waals surface area (Å²) in [6, 6.07) is 9.70. The van der Waals surface area contributed by atoms with Gasteiger partial charge in [-0.3, -0.25) is 4.90 Å². The highest BCUT2D eigenvalue weighted by Crippen LogP contribution is 2.33. The smallest absolute Gasteiger partial charge is 0.0346 e. The van der Waals surface area contributed by atoms with E-state index in [2.05, 4.69) is 39.9 Å². The van der Waals surface area contributed by atoms with E-state index in [1.54, 1.807) is 0 Å². The van der Waals surface area contributed by atoms with Crippen LogP contribution >= 0.6 is 11.3 Å². The molecule has 1 N–H and O–H groups in total. The Bertz CT molecular complexity index is 596. The number of fused-ring (bicyclic) bond motifs is 1. The topological polar surface area (TPSA) is 15.3 Å². The standard InChI is InChI=1S/C18H24N2S/c1-2-6-18-17(5-1)15(13-21-18)12-20(16-7-8-16)11-14-4-3-9-19-10-14/h1-2,5-6,13-14,16,19H,3-4,7-12H2. The molecule has 1 saturated heterocycles. The van der Waals surface area contributed by atoms with Crippen molar-refractivity contribution < 1.29 is 0 Å². The molecule has 3 heteroatoms. The van der Waals surface area contributed by atoms with Gasteiger partial charge < -0.3 is 5.32 Å². The van der Waals surface area contributed by atoms with E-state index in [1.165, 1.54) is 61.0 Å². The monoisotopic (exact) mass is 300 g/mol. The Balaban J connectivity index is 1.49. The maximum atomic E-state index is 3.56. The van der Waals surface area contributed by atoms with Crippen LogP contribution in [0.5, 0.6) is 0 Å².